The standard InChI is InChI=1S/C36H39ClN8O2/c1-41-16-6-9-28(41)25-47-36-39-31-24-43(32-11-5-8-26-7-4-10-30(37)34(26)32)20-13-29(31)35(40-36)44-21-22-45(27(23-44)12-15-38)33(46)14-19-42-17-2-3-18-42/h2-5,7-8,10-11,14,17-19,27-28H,6,9,12-13,16,20-25H2,1H3/b19-14+/t27-,28-/m0/s1. The number of aromatic nitrogens is 3. The third kappa shape index (κ3) is 6.51. The van der Waals surface area contributed by atoms with Crippen molar-refractivity contribution in [2.75, 3.05) is 56.2 Å². The molecule has 2 aromatic heterocycles. The molecule has 47 heavy (non-hydrogen) atoms. The summed E-state index contributed by atoms with van der Waals surface area (Å²) in [6.07, 6.45) is 10.3. The summed E-state index contributed by atoms with van der Waals surface area (Å²) in [7, 11) is 2.14. The minimum Gasteiger partial charge on any atom is -0.462 e. The summed E-state index contributed by atoms with van der Waals surface area (Å²) in [5.74, 6) is 0.746. The zero-order chi connectivity index (χ0) is 32.3. The first-order valence-corrected chi connectivity index (χ1v) is 16.7. The van der Waals surface area contributed by atoms with E-state index in [1.54, 1.807) is 12.3 Å². The van der Waals surface area contributed by atoms with Gasteiger partial charge in [0, 0.05) is 73.5 Å². The highest BCUT2D eigenvalue weighted by molar-refractivity contribution is 6.36. The van der Waals surface area contributed by atoms with Crippen LogP contribution in [0.4, 0.5) is 11.5 Å². The lowest BCUT2D eigenvalue weighted by Crippen LogP contribution is -2.55. The highest BCUT2D eigenvalue weighted by Gasteiger charge is 2.34. The van der Waals surface area contributed by atoms with Gasteiger partial charge in [-0.1, -0.05) is 35.9 Å². The van der Waals surface area contributed by atoms with Crippen LogP contribution < -0.4 is 14.5 Å². The number of rotatable bonds is 8. The summed E-state index contributed by atoms with van der Waals surface area (Å²) in [5, 5.41) is 12.6. The largest absolute Gasteiger partial charge is 0.462 e. The van der Waals surface area contributed by atoms with Gasteiger partial charge >= 0.3 is 6.01 Å². The number of fused-ring (bicyclic) bond motifs is 2. The fourth-order valence-corrected chi connectivity index (χ4v) is 7.41. The third-order valence-corrected chi connectivity index (χ3v) is 10.00. The molecule has 2 fully saturated rings. The van der Waals surface area contributed by atoms with Crippen molar-refractivity contribution in [1.29, 1.82) is 5.26 Å². The van der Waals surface area contributed by atoms with E-state index >= 15 is 0 Å². The van der Waals surface area contributed by atoms with Crippen LogP contribution in [0.15, 0.2) is 67.0 Å². The number of carbonyl (C=O) groups excluding carboxylic acids is 1. The lowest BCUT2D eigenvalue weighted by molar-refractivity contribution is -0.128. The van der Waals surface area contributed by atoms with Crippen molar-refractivity contribution in [3.8, 4) is 12.1 Å². The van der Waals surface area contributed by atoms with Gasteiger partial charge in [0.2, 0.25) is 5.91 Å². The van der Waals surface area contributed by atoms with Gasteiger partial charge in [-0.3, -0.25) is 4.79 Å². The van der Waals surface area contributed by atoms with Crippen molar-refractivity contribution in [2.24, 2.45) is 0 Å². The fraction of sp³-hybridized carbons (Fsp3) is 0.389. The molecule has 2 aromatic carbocycles. The predicted octanol–water partition coefficient (Wildman–Crippen LogP) is 5.22. The van der Waals surface area contributed by atoms with Crippen LogP contribution in [-0.2, 0) is 17.8 Å². The maximum absolute atomic E-state index is 13.3. The Hall–Kier alpha value is -4.59. The molecule has 4 aromatic rings. The first kappa shape index (κ1) is 31.0. The number of benzene rings is 2. The number of carbonyl (C=O) groups is 1. The van der Waals surface area contributed by atoms with E-state index in [1.165, 1.54) is 0 Å². The molecule has 7 rings (SSSR count). The highest BCUT2D eigenvalue weighted by Crippen LogP contribution is 2.37. The van der Waals surface area contributed by atoms with Gasteiger partial charge in [0.25, 0.3) is 0 Å². The SMILES string of the molecule is CN1CCC[C@H]1COc1nc2c(c(N3CCN(C(=O)/C=C/n4cccc4)[C@@H](CC#N)C3)n1)CCN(c1cccc3cccc(Cl)c13)C2. The van der Waals surface area contributed by atoms with Gasteiger partial charge in [0.05, 0.1) is 35.8 Å². The number of piperazine rings is 1. The van der Waals surface area contributed by atoms with Crippen LogP contribution in [-0.4, -0.2) is 88.7 Å². The molecule has 2 saturated heterocycles. The molecule has 1 amide bonds. The Balaban J connectivity index is 1.18. The van der Waals surface area contributed by atoms with Crippen LogP contribution in [0.3, 0.4) is 0 Å². The number of likely N-dealkylation sites (N-methyl/N-ethyl adjacent to an activating group) is 1. The predicted molar refractivity (Wildman–Crippen MR) is 185 cm³/mol. The van der Waals surface area contributed by atoms with Gasteiger partial charge < -0.3 is 28.9 Å². The van der Waals surface area contributed by atoms with Crippen LogP contribution in [0, 0.1) is 11.3 Å². The van der Waals surface area contributed by atoms with Gasteiger partial charge in [-0.25, -0.2) is 0 Å². The summed E-state index contributed by atoms with van der Waals surface area (Å²) in [6, 6.07) is 18.9. The van der Waals surface area contributed by atoms with Gasteiger partial charge in [0.1, 0.15) is 12.4 Å². The van der Waals surface area contributed by atoms with Gasteiger partial charge in [-0.2, -0.15) is 15.2 Å². The molecule has 10 nitrogen and oxygen atoms in total. The van der Waals surface area contributed by atoms with Crippen molar-refractivity contribution in [1.82, 2.24) is 24.3 Å². The number of amides is 1. The van der Waals surface area contributed by atoms with Crippen LogP contribution in [0.2, 0.25) is 5.02 Å². The van der Waals surface area contributed by atoms with E-state index in [4.69, 9.17) is 26.3 Å². The van der Waals surface area contributed by atoms with Crippen LogP contribution in [0.1, 0.15) is 30.5 Å². The molecular weight excluding hydrogens is 612 g/mol. The zero-order valence-corrected chi connectivity index (χ0v) is 27.4. The maximum Gasteiger partial charge on any atom is 0.318 e. The summed E-state index contributed by atoms with van der Waals surface area (Å²) >= 11 is 6.73. The number of ether oxygens (including phenoxy) is 1. The van der Waals surface area contributed by atoms with Gasteiger partial charge in [-0.05, 0) is 62.5 Å². The topological polar surface area (TPSA) is 93.8 Å². The minimum atomic E-state index is -0.268. The number of halogens is 1. The van der Waals surface area contributed by atoms with Crippen molar-refractivity contribution in [3.05, 3.63) is 83.3 Å². The normalized spacial score (nSPS) is 20.1. The summed E-state index contributed by atoms with van der Waals surface area (Å²) < 4.78 is 8.17. The van der Waals surface area contributed by atoms with E-state index in [1.807, 2.05) is 46.1 Å². The van der Waals surface area contributed by atoms with E-state index in [9.17, 15) is 10.1 Å². The Kier molecular flexibility index (Phi) is 9.01. The third-order valence-electron chi connectivity index (χ3n) is 9.68. The monoisotopic (exact) mass is 650 g/mol. The van der Waals surface area contributed by atoms with Gasteiger partial charge in [-0.15, -0.1) is 0 Å². The fourth-order valence-electron chi connectivity index (χ4n) is 7.13. The summed E-state index contributed by atoms with van der Waals surface area (Å²) in [4.78, 5) is 32.0. The Morgan fingerprint density at radius 1 is 1.04 bits per heavy atom. The van der Waals surface area contributed by atoms with Crippen molar-refractivity contribution >= 4 is 46.0 Å². The highest BCUT2D eigenvalue weighted by atomic mass is 35.5. The number of anilines is 2. The summed E-state index contributed by atoms with van der Waals surface area (Å²) in [5.41, 5.74) is 3.12. The molecule has 0 radical (unpaired) electrons. The molecule has 0 N–H and O–H groups in total. The Labute approximate surface area is 280 Å². The average Bonchev–Trinajstić information content (AvgIpc) is 3.77. The second-order valence-electron chi connectivity index (χ2n) is 12.6. The number of hydrogen-bond donors (Lipinski definition) is 0. The smallest absolute Gasteiger partial charge is 0.318 e. The average molecular weight is 651 g/mol. The molecule has 3 aliphatic heterocycles. The molecule has 242 valence electrons. The van der Waals surface area contributed by atoms with E-state index < -0.39 is 0 Å². The minimum absolute atomic E-state index is 0.0996. The molecule has 3 aliphatic rings. The second kappa shape index (κ2) is 13.6. The first-order valence-electron chi connectivity index (χ1n) is 16.4. The zero-order valence-electron chi connectivity index (χ0n) is 26.6. The number of likely N-dealkylation sites (tertiary alicyclic amines) is 1. The second-order valence-corrected chi connectivity index (χ2v) is 13.0. The van der Waals surface area contributed by atoms with Crippen LogP contribution in [0.5, 0.6) is 6.01 Å². The number of nitriles is 1. The summed E-state index contributed by atoms with van der Waals surface area (Å²) in [6.45, 7) is 4.57. The molecular formula is C36H39ClN8O2. The van der Waals surface area contributed by atoms with E-state index in [0.717, 1.165) is 70.9 Å². The molecule has 0 bridgehead atoms. The molecule has 5 heterocycles. The molecule has 0 unspecified atom stereocenters. The lowest BCUT2D eigenvalue weighted by atomic mass is 10.0. The van der Waals surface area contributed by atoms with Crippen LogP contribution >= 0.6 is 11.6 Å². The maximum atomic E-state index is 13.3. The molecule has 11 heteroatoms. The van der Waals surface area contributed by atoms with Crippen LogP contribution in [0.25, 0.3) is 17.0 Å². The lowest BCUT2D eigenvalue weighted by Gasteiger charge is -2.42. The molecule has 2 atom stereocenters. The Morgan fingerprint density at radius 3 is 2.66 bits per heavy atom. The van der Waals surface area contributed by atoms with Gasteiger partial charge in [0.15, 0.2) is 0 Å². The molecule has 0 spiro atoms. The Morgan fingerprint density at radius 2 is 1.87 bits per heavy atom. The number of hydrogen-bond acceptors (Lipinski definition) is 8. The first-order chi connectivity index (χ1) is 23.0. The Bertz CT molecular complexity index is 1810. The molecule has 0 aliphatic carbocycles. The van der Waals surface area contributed by atoms with E-state index in [-0.39, 0.29) is 18.4 Å². The van der Waals surface area contributed by atoms with E-state index in [2.05, 4.69) is 52.1 Å². The van der Waals surface area contributed by atoms with Crippen molar-refractivity contribution in [2.45, 2.75) is 44.3 Å². The number of nitrogens with zero attached hydrogens (tertiary/aromatic N) is 8. The van der Waals surface area contributed by atoms with Crippen molar-refractivity contribution < 1.29 is 9.53 Å². The van der Waals surface area contributed by atoms with Crippen molar-refractivity contribution in [3.63, 3.8) is 0 Å². The quantitative estimate of drug-likeness (QED) is 0.240. The molecule has 0 saturated carbocycles. The van der Waals surface area contributed by atoms with E-state index in [0.29, 0.717) is 44.8 Å².